The van der Waals surface area contributed by atoms with Crippen LogP contribution in [0.2, 0.25) is 0 Å². The summed E-state index contributed by atoms with van der Waals surface area (Å²) in [6.45, 7) is 5.41. The minimum atomic E-state index is -3.41. The molecule has 1 aromatic heterocycles. The largest absolute Gasteiger partial charge is 0.370 e. The third-order valence-corrected chi connectivity index (χ3v) is 5.68. The van der Waals surface area contributed by atoms with Crippen molar-refractivity contribution in [3.05, 3.63) is 18.3 Å². The SMILES string of the molecule is CCNc1ccc(S(=O)(=O)N2CCCCC2CC)cn1. The summed E-state index contributed by atoms with van der Waals surface area (Å²) < 4.78 is 27.0. The molecule has 1 fully saturated rings. The van der Waals surface area contributed by atoms with Gasteiger partial charge in [-0.3, -0.25) is 0 Å². The van der Waals surface area contributed by atoms with Gasteiger partial charge in [0, 0.05) is 25.3 Å². The van der Waals surface area contributed by atoms with Gasteiger partial charge in [0.2, 0.25) is 10.0 Å². The maximum Gasteiger partial charge on any atom is 0.244 e. The molecule has 6 heteroatoms. The summed E-state index contributed by atoms with van der Waals surface area (Å²) in [7, 11) is -3.41. The molecule has 1 N–H and O–H groups in total. The molecular weight excluding hydrogens is 274 g/mol. The molecule has 0 radical (unpaired) electrons. The number of anilines is 1. The molecule has 1 aromatic rings. The van der Waals surface area contributed by atoms with Gasteiger partial charge in [-0.2, -0.15) is 4.31 Å². The molecule has 0 spiro atoms. The zero-order valence-corrected chi connectivity index (χ0v) is 13.0. The zero-order chi connectivity index (χ0) is 14.6. The second kappa shape index (κ2) is 6.54. The van der Waals surface area contributed by atoms with Crippen molar-refractivity contribution in [1.29, 1.82) is 0 Å². The highest BCUT2D eigenvalue weighted by Gasteiger charge is 2.32. The Kier molecular flexibility index (Phi) is 4.99. The van der Waals surface area contributed by atoms with Crippen LogP contribution in [-0.4, -0.2) is 36.8 Å². The van der Waals surface area contributed by atoms with Gasteiger partial charge >= 0.3 is 0 Å². The summed E-state index contributed by atoms with van der Waals surface area (Å²) in [6.07, 6.45) is 5.33. The first kappa shape index (κ1) is 15.3. The summed E-state index contributed by atoms with van der Waals surface area (Å²) in [4.78, 5) is 4.45. The lowest BCUT2D eigenvalue weighted by molar-refractivity contribution is 0.246. The minimum Gasteiger partial charge on any atom is -0.370 e. The summed E-state index contributed by atoms with van der Waals surface area (Å²) >= 11 is 0. The first-order valence-electron chi connectivity index (χ1n) is 7.31. The van der Waals surface area contributed by atoms with Gasteiger partial charge in [0.25, 0.3) is 0 Å². The molecule has 0 aliphatic carbocycles. The van der Waals surface area contributed by atoms with Gasteiger partial charge < -0.3 is 5.32 Å². The van der Waals surface area contributed by atoms with Crippen molar-refractivity contribution in [2.24, 2.45) is 0 Å². The van der Waals surface area contributed by atoms with E-state index in [-0.39, 0.29) is 6.04 Å². The standard InChI is InChI=1S/C14H23N3O2S/c1-3-12-7-5-6-10-17(12)20(18,19)13-8-9-14(15-4-2)16-11-13/h8-9,11-12H,3-7,10H2,1-2H3,(H,15,16). The Bertz CT molecular complexity index is 528. The predicted molar refractivity (Wildman–Crippen MR) is 80.2 cm³/mol. The smallest absolute Gasteiger partial charge is 0.244 e. The van der Waals surface area contributed by atoms with Crippen molar-refractivity contribution in [1.82, 2.24) is 9.29 Å². The summed E-state index contributed by atoms with van der Waals surface area (Å²) in [5.41, 5.74) is 0. The molecule has 112 valence electrons. The lowest BCUT2D eigenvalue weighted by Gasteiger charge is -2.34. The second-order valence-electron chi connectivity index (χ2n) is 5.08. The van der Waals surface area contributed by atoms with Gasteiger partial charge in [0.05, 0.1) is 0 Å². The maximum absolute atomic E-state index is 12.7. The van der Waals surface area contributed by atoms with E-state index in [1.54, 1.807) is 16.4 Å². The van der Waals surface area contributed by atoms with Gasteiger partial charge in [0.1, 0.15) is 10.7 Å². The molecule has 0 amide bonds. The first-order chi connectivity index (χ1) is 9.59. The van der Waals surface area contributed by atoms with Crippen LogP contribution < -0.4 is 5.32 Å². The average Bonchev–Trinajstić information content (AvgIpc) is 2.48. The molecule has 20 heavy (non-hydrogen) atoms. The third kappa shape index (κ3) is 3.12. The van der Waals surface area contributed by atoms with E-state index >= 15 is 0 Å². The van der Waals surface area contributed by atoms with Crippen LogP contribution >= 0.6 is 0 Å². The van der Waals surface area contributed by atoms with Crippen molar-refractivity contribution < 1.29 is 8.42 Å². The molecule has 5 nitrogen and oxygen atoms in total. The van der Waals surface area contributed by atoms with Crippen molar-refractivity contribution in [3.63, 3.8) is 0 Å². The van der Waals surface area contributed by atoms with Crippen LogP contribution in [0, 0.1) is 0 Å². The number of nitrogens with zero attached hydrogens (tertiary/aromatic N) is 2. The topological polar surface area (TPSA) is 62.3 Å². The van der Waals surface area contributed by atoms with Crippen LogP contribution in [0.15, 0.2) is 23.2 Å². The van der Waals surface area contributed by atoms with Crippen LogP contribution in [0.1, 0.15) is 39.5 Å². The van der Waals surface area contributed by atoms with E-state index < -0.39 is 10.0 Å². The van der Waals surface area contributed by atoms with E-state index in [0.717, 1.165) is 32.2 Å². The fourth-order valence-corrected chi connectivity index (χ4v) is 4.37. The Balaban J connectivity index is 2.24. The van der Waals surface area contributed by atoms with E-state index in [1.165, 1.54) is 6.20 Å². The average molecular weight is 297 g/mol. The van der Waals surface area contributed by atoms with Crippen molar-refractivity contribution in [3.8, 4) is 0 Å². The number of aromatic nitrogens is 1. The normalized spacial score (nSPS) is 20.8. The lowest BCUT2D eigenvalue weighted by Crippen LogP contribution is -2.43. The molecule has 0 aromatic carbocycles. The van der Waals surface area contributed by atoms with E-state index in [0.29, 0.717) is 17.3 Å². The highest BCUT2D eigenvalue weighted by molar-refractivity contribution is 7.89. The number of rotatable bonds is 5. The minimum absolute atomic E-state index is 0.127. The van der Waals surface area contributed by atoms with Crippen molar-refractivity contribution >= 4 is 15.8 Å². The van der Waals surface area contributed by atoms with Crippen molar-refractivity contribution in [2.75, 3.05) is 18.4 Å². The lowest BCUT2D eigenvalue weighted by atomic mass is 10.0. The number of hydrogen-bond donors (Lipinski definition) is 1. The summed E-state index contributed by atoms with van der Waals surface area (Å²) in [6, 6.07) is 3.49. The molecule has 1 aliphatic rings. The molecule has 1 aliphatic heterocycles. The van der Waals surface area contributed by atoms with Gasteiger partial charge in [-0.1, -0.05) is 13.3 Å². The third-order valence-electron chi connectivity index (χ3n) is 3.75. The highest BCUT2D eigenvalue weighted by atomic mass is 32.2. The monoisotopic (exact) mass is 297 g/mol. The van der Waals surface area contributed by atoms with E-state index in [2.05, 4.69) is 10.3 Å². The Morgan fingerprint density at radius 2 is 2.15 bits per heavy atom. The van der Waals surface area contributed by atoms with E-state index in [9.17, 15) is 8.42 Å². The second-order valence-corrected chi connectivity index (χ2v) is 6.97. The molecule has 0 bridgehead atoms. The van der Waals surface area contributed by atoms with Crippen LogP contribution in [0.4, 0.5) is 5.82 Å². The van der Waals surface area contributed by atoms with E-state index in [4.69, 9.17) is 0 Å². The van der Waals surface area contributed by atoms with Crippen molar-refractivity contribution in [2.45, 2.75) is 50.5 Å². The Labute approximate surface area is 121 Å². The molecule has 1 saturated heterocycles. The van der Waals surface area contributed by atoms with Crippen LogP contribution in [0.25, 0.3) is 0 Å². The molecule has 2 heterocycles. The molecular formula is C14H23N3O2S. The first-order valence-corrected chi connectivity index (χ1v) is 8.75. The Morgan fingerprint density at radius 1 is 1.35 bits per heavy atom. The number of sulfonamides is 1. The van der Waals surface area contributed by atoms with Crippen LogP contribution in [0.3, 0.4) is 0 Å². The van der Waals surface area contributed by atoms with Gasteiger partial charge in [-0.25, -0.2) is 13.4 Å². The Hall–Kier alpha value is -1.14. The summed E-state index contributed by atoms with van der Waals surface area (Å²) in [5, 5.41) is 3.07. The van der Waals surface area contributed by atoms with Gasteiger partial charge in [0.15, 0.2) is 0 Å². The van der Waals surface area contributed by atoms with Crippen LogP contribution in [0.5, 0.6) is 0 Å². The number of pyridine rings is 1. The highest BCUT2D eigenvalue weighted by Crippen LogP contribution is 2.26. The molecule has 0 saturated carbocycles. The molecule has 1 unspecified atom stereocenters. The number of nitrogens with one attached hydrogen (secondary N) is 1. The predicted octanol–water partition coefficient (Wildman–Crippen LogP) is 2.47. The fourth-order valence-electron chi connectivity index (χ4n) is 2.65. The number of piperidine rings is 1. The maximum atomic E-state index is 12.7. The molecule has 2 rings (SSSR count). The molecule has 1 atom stereocenters. The zero-order valence-electron chi connectivity index (χ0n) is 12.2. The quantitative estimate of drug-likeness (QED) is 0.907. The van der Waals surface area contributed by atoms with Crippen LogP contribution in [-0.2, 0) is 10.0 Å². The fraction of sp³-hybridized carbons (Fsp3) is 0.643. The number of hydrogen-bond acceptors (Lipinski definition) is 4. The van der Waals surface area contributed by atoms with Gasteiger partial charge in [-0.05, 0) is 38.3 Å². The van der Waals surface area contributed by atoms with E-state index in [1.807, 2.05) is 13.8 Å². The van der Waals surface area contributed by atoms with Gasteiger partial charge in [-0.15, -0.1) is 0 Å². The Morgan fingerprint density at radius 3 is 2.75 bits per heavy atom. The summed E-state index contributed by atoms with van der Waals surface area (Å²) in [5.74, 6) is 0.706.